The molecule has 0 aliphatic rings. The van der Waals surface area contributed by atoms with E-state index in [1.807, 2.05) is 6.07 Å². The number of aromatic nitrogens is 1. The highest BCUT2D eigenvalue weighted by Gasteiger charge is 2.07. The van der Waals surface area contributed by atoms with Crippen molar-refractivity contribution in [3.63, 3.8) is 0 Å². The molecule has 0 aliphatic heterocycles. The van der Waals surface area contributed by atoms with E-state index >= 15 is 0 Å². The van der Waals surface area contributed by atoms with E-state index in [0.717, 1.165) is 5.39 Å². The monoisotopic (exact) mass is 233 g/mol. The molecule has 0 amide bonds. The summed E-state index contributed by atoms with van der Waals surface area (Å²) in [5, 5.41) is 10.1. The first-order valence-electron chi connectivity index (χ1n) is 4.49. The van der Waals surface area contributed by atoms with Gasteiger partial charge in [0.05, 0.1) is 23.2 Å². The molecular formula is C11H8ClN3O. The molecule has 2 rings (SSSR count). The molecule has 0 spiro atoms. The molecule has 0 atom stereocenters. The van der Waals surface area contributed by atoms with Crippen molar-refractivity contribution in [2.45, 2.75) is 0 Å². The largest absolute Gasteiger partial charge is 0.495 e. The molecule has 2 aromatic rings. The molecular weight excluding hydrogens is 226 g/mol. The summed E-state index contributed by atoms with van der Waals surface area (Å²) in [5.41, 5.74) is 6.60. The Morgan fingerprint density at radius 3 is 2.81 bits per heavy atom. The minimum absolute atomic E-state index is 0.205. The molecule has 1 aromatic heterocycles. The summed E-state index contributed by atoms with van der Waals surface area (Å²) < 4.78 is 5.08. The van der Waals surface area contributed by atoms with Crippen molar-refractivity contribution in [2.75, 3.05) is 12.8 Å². The number of halogens is 1. The Hall–Kier alpha value is -1.99. The Bertz CT molecular complexity index is 604. The fourth-order valence-electron chi connectivity index (χ4n) is 1.44. The van der Waals surface area contributed by atoms with E-state index in [0.29, 0.717) is 21.9 Å². The highest BCUT2D eigenvalue weighted by molar-refractivity contribution is 6.32. The summed E-state index contributed by atoms with van der Waals surface area (Å²) >= 11 is 5.96. The maximum Gasteiger partial charge on any atom is 0.142 e. The second kappa shape index (κ2) is 3.87. The highest BCUT2D eigenvalue weighted by atomic mass is 35.5. The maximum absolute atomic E-state index is 8.83. The van der Waals surface area contributed by atoms with Gasteiger partial charge < -0.3 is 10.5 Å². The zero-order valence-corrected chi connectivity index (χ0v) is 9.25. The summed E-state index contributed by atoms with van der Waals surface area (Å²) in [5.74, 6) is 0.751. The molecule has 1 heterocycles. The summed E-state index contributed by atoms with van der Waals surface area (Å²) in [6, 6.07) is 7.03. The van der Waals surface area contributed by atoms with Crippen LogP contribution >= 0.6 is 11.6 Å². The zero-order valence-electron chi connectivity index (χ0n) is 8.49. The van der Waals surface area contributed by atoms with Crippen LogP contribution in [0.5, 0.6) is 5.75 Å². The van der Waals surface area contributed by atoms with Crippen LogP contribution in [0, 0.1) is 11.3 Å². The number of benzene rings is 1. The minimum Gasteiger partial charge on any atom is -0.495 e. The lowest BCUT2D eigenvalue weighted by atomic mass is 10.1. The minimum atomic E-state index is 0.205. The van der Waals surface area contributed by atoms with Gasteiger partial charge in [-0.1, -0.05) is 11.6 Å². The number of hydrogen-bond donors (Lipinski definition) is 1. The predicted molar refractivity (Wildman–Crippen MR) is 62.4 cm³/mol. The van der Waals surface area contributed by atoms with Crippen molar-refractivity contribution in [3.8, 4) is 11.8 Å². The summed E-state index contributed by atoms with van der Waals surface area (Å²) in [6.07, 6.45) is 0. The molecule has 0 radical (unpaired) electrons. The third kappa shape index (κ3) is 1.62. The van der Waals surface area contributed by atoms with E-state index in [4.69, 9.17) is 27.3 Å². The van der Waals surface area contributed by atoms with Gasteiger partial charge in [-0.25, -0.2) is 4.98 Å². The Morgan fingerprint density at radius 1 is 1.44 bits per heavy atom. The van der Waals surface area contributed by atoms with Crippen LogP contribution in [0.15, 0.2) is 18.2 Å². The molecule has 0 aliphatic carbocycles. The number of anilines is 1. The van der Waals surface area contributed by atoms with Gasteiger partial charge >= 0.3 is 0 Å². The van der Waals surface area contributed by atoms with E-state index in [1.165, 1.54) is 7.11 Å². The normalized spacial score (nSPS) is 10.1. The molecule has 2 N–H and O–H groups in total. The van der Waals surface area contributed by atoms with Gasteiger partial charge in [0.2, 0.25) is 0 Å². The lowest BCUT2D eigenvalue weighted by Gasteiger charge is -2.06. The lowest BCUT2D eigenvalue weighted by Crippen LogP contribution is -1.95. The first kappa shape index (κ1) is 10.5. The van der Waals surface area contributed by atoms with Crippen LogP contribution in [-0.2, 0) is 0 Å². The van der Waals surface area contributed by atoms with Gasteiger partial charge in [0, 0.05) is 5.39 Å². The van der Waals surface area contributed by atoms with Gasteiger partial charge in [0.15, 0.2) is 0 Å². The number of nitrogens with two attached hydrogens (primary N) is 1. The molecule has 0 bridgehead atoms. The molecule has 1 aromatic carbocycles. The third-order valence-corrected chi connectivity index (χ3v) is 2.53. The molecule has 0 saturated heterocycles. The van der Waals surface area contributed by atoms with Crippen LogP contribution in [0.2, 0.25) is 5.02 Å². The van der Waals surface area contributed by atoms with Crippen LogP contribution in [0.3, 0.4) is 0 Å². The van der Waals surface area contributed by atoms with E-state index in [-0.39, 0.29) is 5.82 Å². The maximum atomic E-state index is 8.83. The highest BCUT2D eigenvalue weighted by Crippen LogP contribution is 2.30. The number of hydrogen-bond acceptors (Lipinski definition) is 4. The van der Waals surface area contributed by atoms with Gasteiger partial charge in [0.25, 0.3) is 0 Å². The molecule has 0 fully saturated rings. The third-order valence-electron chi connectivity index (χ3n) is 2.24. The zero-order chi connectivity index (χ0) is 11.7. The van der Waals surface area contributed by atoms with Crippen LogP contribution < -0.4 is 10.5 Å². The fraction of sp³-hybridized carbons (Fsp3) is 0.0909. The number of methoxy groups -OCH3 is 1. The van der Waals surface area contributed by atoms with E-state index in [1.54, 1.807) is 18.2 Å². The van der Waals surface area contributed by atoms with Crippen LogP contribution in [-0.4, -0.2) is 12.1 Å². The lowest BCUT2D eigenvalue weighted by molar-refractivity contribution is 0.415. The second-order valence-corrected chi connectivity index (χ2v) is 3.62. The number of rotatable bonds is 1. The average molecular weight is 234 g/mol. The predicted octanol–water partition coefficient (Wildman–Crippen LogP) is 2.35. The fourth-order valence-corrected chi connectivity index (χ4v) is 1.67. The van der Waals surface area contributed by atoms with Crippen LogP contribution in [0.4, 0.5) is 5.82 Å². The number of nitrogen functional groups attached to an aromatic ring is 1. The molecule has 0 saturated carbocycles. The van der Waals surface area contributed by atoms with Crippen molar-refractivity contribution in [3.05, 3.63) is 28.8 Å². The van der Waals surface area contributed by atoms with Crippen LogP contribution in [0.1, 0.15) is 5.56 Å². The molecule has 5 heteroatoms. The topological polar surface area (TPSA) is 71.9 Å². The van der Waals surface area contributed by atoms with Gasteiger partial charge in [-0.2, -0.15) is 5.26 Å². The van der Waals surface area contributed by atoms with Gasteiger partial charge in [-0.3, -0.25) is 0 Å². The Kier molecular flexibility index (Phi) is 2.55. The average Bonchev–Trinajstić information content (AvgIpc) is 2.27. The second-order valence-electron chi connectivity index (χ2n) is 3.21. The number of nitrogens with zero attached hydrogens (tertiary/aromatic N) is 2. The molecule has 0 unspecified atom stereocenters. The Labute approximate surface area is 97.2 Å². The van der Waals surface area contributed by atoms with E-state index in [9.17, 15) is 0 Å². The van der Waals surface area contributed by atoms with E-state index in [2.05, 4.69) is 4.98 Å². The number of nitriles is 1. The first-order chi connectivity index (χ1) is 7.65. The molecule has 80 valence electrons. The van der Waals surface area contributed by atoms with Gasteiger partial charge in [-0.05, 0) is 18.2 Å². The Morgan fingerprint density at radius 2 is 2.19 bits per heavy atom. The number of ether oxygens (including phenoxy) is 1. The Balaban J connectivity index is 2.78. The first-order valence-corrected chi connectivity index (χ1v) is 4.87. The van der Waals surface area contributed by atoms with Crippen molar-refractivity contribution >= 4 is 28.3 Å². The van der Waals surface area contributed by atoms with Crippen molar-refractivity contribution < 1.29 is 4.74 Å². The van der Waals surface area contributed by atoms with Crippen molar-refractivity contribution in [1.82, 2.24) is 4.98 Å². The summed E-state index contributed by atoms with van der Waals surface area (Å²) in [4.78, 5) is 4.10. The van der Waals surface area contributed by atoms with E-state index < -0.39 is 0 Å². The SMILES string of the molecule is COc1cc2cc(C#N)c(N)nc2cc1Cl. The van der Waals surface area contributed by atoms with Crippen molar-refractivity contribution in [1.29, 1.82) is 5.26 Å². The molecule has 4 nitrogen and oxygen atoms in total. The van der Waals surface area contributed by atoms with Gasteiger partial charge in [0.1, 0.15) is 17.6 Å². The summed E-state index contributed by atoms with van der Waals surface area (Å²) in [6.45, 7) is 0. The van der Waals surface area contributed by atoms with Gasteiger partial charge in [-0.15, -0.1) is 0 Å². The quantitative estimate of drug-likeness (QED) is 0.821. The van der Waals surface area contributed by atoms with Crippen molar-refractivity contribution in [2.24, 2.45) is 0 Å². The smallest absolute Gasteiger partial charge is 0.142 e. The standard InChI is InChI=1S/C11H8ClN3O/c1-16-10-3-6-2-7(5-13)11(14)15-9(6)4-8(10)12/h2-4H,1H3,(H2,14,15). The molecule has 16 heavy (non-hydrogen) atoms. The van der Waals surface area contributed by atoms with Crippen LogP contribution in [0.25, 0.3) is 10.9 Å². The number of pyridine rings is 1. The summed E-state index contributed by atoms with van der Waals surface area (Å²) in [7, 11) is 1.53. The number of fused-ring (bicyclic) bond motifs is 1.